The number of benzene rings is 2. The summed E-state index contributed by atoms with van der Waals surface area (Å²) in [5.41, 5.74) is 1.97. The quantitative estimate of drug-likeness (QED) is 0.573. The third kappa shape index (κ3) is 4.85. The highest BCUT2D eigenvalue weighted by atomic mass is 32.2. The van der Waals surface area contributed by atoms with E-state index in [2.05, 4.69) is 9.55 Å². The Kier molecular flexibility index (Phi) is 6.20. The summed E-state index contributed by atoms with van der Waals surface area (Å²) in [6, 6.07) is 11.5. The smallest absolute Gasteiger partial charge is 0.243 e. The lowest BCUT2D eigenvalue weighted by molar-refractivity contribution is 0.261. The minimum atomic E-state index is -3.74. The lowest BCUT2D eigenvalue weighted by Gasteiger charge is -2.32. The number of rotatable bonds is 6. The first-order chi connectivity index (χ1) is 14.8. The van der Waals surface area contributed by atoms with E-state index in [1.54, 1.807) is 12.1 Å². The van der Waals surface area contributed by atoms with Gasteiger partial charge in [-0.05, 0) is 61.6 Å². The molecule has 0 aliphatic carbocycles. The second-order valence-corrected chi connectivity index (χ2v) is 10.00. The van der Waals surface area contributed by atoms with E-state index >= 15 is 0 Å². The number of aromatic nitrogens is 2. The van der Waals surface area contributed by atoms with Crippen LogP contribution in [0.1, 0.15) is 29.9 Å². The molecule has 4 rings (SSSR count). The van der Waals surface area contributed by atoms with Gasteiger partial charge in [0.25, 0.3) is 0 Å². The first-order valence-corrected chi connectivity index (χ1v) is 11.8. The standard InChI is InChI=1S/C23H25F2N3O2S/c1-17-14-26-23(28(17)16-18-7-9-20(24)10-8-18)12-19-4-3-11-27(15-19)31(29,30)22-6-2-5-21(25)13-22/h2,5-10,13-14,19H,3-4,11-12,15-16H2,1H3. The molecule has 0 amide bonds. The molecule has 1 aromatic heterocycles. The van der Waals surface area contributed by atoms with E-state index in [-0.39, 0.29) is 16.6 Å². The van der Waals surface area contributed by atoms with Gasteiger partial charge < -0.3 is 4.57 Å². The van der Waals surface area contributed by atoms with Crippen LogP contribution in [0.25, 0.3) is 0 Å². The van der Waals surface area contributed by atoms with E-state index in [4.69, 9.17) is 0 Å². The SMILES string of the molecule is Cc1cnc(CC2CCCN(S(=O)(=O)c3cccc(F)c3)C2)n1Cc1ccc(F)cc1. The number of hydrogen-bond donors (Lipinski definition) is 0. The van der Waals surface area contributed by atoms with Crippen molar-refractivity contribution in [2.75, 3.05) is 13.1 Å². The normalized spacial score (nSPS) is 17.7. The van der Waals surface area contributed by atoms with E-state index in [1.807, 2.05) is 13.1 Å². The summed E-state index contributed by atoms with van der Waals surface area (Å²) in [4.78, 5) is 4.54. The van der Waals surface area contributed by atoms with Gasteiger partial charge in [-0.25, -0.2) is 22.2 Å². The predicted octanol–water partition coefficient (Wildman–Crippen LogP) is 4.16. The molecule has 2 aromatic carbocycles. The van der Waals surface area contributed by atoms with E-state index in [1.165, 1.54) is 34.6 Å². The molecule has 2 heterocycles. The molecule has 1 unspecified atom stereocenters. The lowest BCUT2D eigenvalue weighted by atomic mass is 9.96. The minimum Gasteiger partial charge on any atom is -0.328 e. The number of aryl methyl sites for hydroxylation is 1. The molecule has 1 fully saturated rings. The number of piperidine rings is 1. The Labute approximate surface area is 181 Å². The highest BCUT2D eigenvalue weighted by Gasteiger charge is 2.31. The fourth-order valence-electron chi connectivity index (χ4n) is 4.11. The van der Waals surface area contributed by atoms with Crippen LogP contribution in [0.5, 0.6) is 0 Å². The van der Waals surface area contributed by atoms with Crippen LogP contribution >= 0.6 is 0 Å². The van der Waals surface area contributed by atoms with Crippen molar-refractivity contribution in [3.8, 4) is 0 Å². The number of hydrogen-bond acceptors (Lipinski definition) is 3. The molecule has 1 aliphatic rings. The van der Waals surface area contributed by atoms with Crippen LogP contribution in [0, 0.1) is 24.5 Å². The summed E-state index contributed by atoms with van der Waals surface area (Å²) in [6.45, 7) is 3.36. The minimum absolute atomic E-state index is 0.0122. The van der Waals surface area contributed by atoms with Crippen LogP contribution < -0.4 is 0 Å². The molecule has 3 aromatic rings. The molecule has 0 radical (unpaired) electrons. The van der Waals surface area contributed by atoms with Crippen LogP contribution in [-0.2, 0) is 23.0 Å². The third-order valence-corrected chi connectivity index (χ3v) is 7.64. The van der Waals surface area contributed by atoms with Gasteiger partial charge in [0.1, 0.15) is 17.5 Å². The van der Waals surface area contributed by atoms with Crippen molar-refractivity contribution in [1.29, 1.82) is 0 Å². The third-order valence-electron chi connectivity index (χ3n) is 5.78. The Morgan fingerprint density at radius 3 is 2.61 bits per heavy atom. The molecule has 0 bridgehead atoms. The zero-order valence-corrected chi connectivity index (χ0v) is 18.2. The maximum Gasteiger partial charge on any atom is 0.243 e. The van der Waals surface area contributed by atoms with Crippen molar-refractivity contribution in [2.45, 2.75) is 37.6 Å². The van der Waals surface area contributed by atoms with Crippen LogP contribution in [0.2, 0.25) is 0 Å². The highest BCUT2D eigenvalue weighted by Crippen LogP contribution is 2.26. The largest absolute Gasteiger partial charge is 0.328 e. The Morgan fingerprint density at radius 2 is 1.87 bits per heavy atom. The second-order valence-electron chi connectivity index (χ2n) is 8.06. The van der Waals surface area contributed by atoms with Gasteiger partial charge in [-0.2, -0.15) is 4.31 Å². The summed E-state index contributed by atoms with van der Waals surface area (Å²) < 4.78 is 56.3. The molecule has 164 valence electrons. The Hall–Kier alpha value is -2.58. The average molecular weight is 446 g/mol. The van der Waals surface area contributed by atoms with Gasteiger partial charge >= 0.3 is 0 Å². The number of sulfonamides is 1. The molecule has 0 N–H and O–H groups in total. The van der Waals surface area contributed by atoms with Crippen LogP contribution in [0.3, 0.4) is 0 Å². The van der Waals surface area contributed by atoms with E-state index in [9.17, 15) is 17.2 Å². The molecule has 8 heteroatoms. The van der Waals surface area contributed by atoms with Crippen molar-refractivity contribution >= 4 is 10.0 Å². The maximum atomic E-state index is 13.6. The maximum absolute atomic E-state index is 13.6. The molecule has 1 aliphatic heterocycles. The van der Waals surface area contributed by atoms with Crippen LogP contribution in [0.4, 0.5) is 8.78 Å². The highest BCUT2D eigenvalue weighted by molar-refractivity contribution is 7.89. The molecule has 0 saturated carbocycles. The number of imidazole rings is 1. The fraction of sp³-hybridized carbons (Fsp3) is 0.348. The monoisotopic (exact) mass is 445 g/mol. The summed E-state index contributed by atoms with van der Waals surface area (Å²) in [5.74, 6) is 0.170. The first kappa shape index (κ1) is 21.6. The topological polar surface area (TPSA) is 55.2 Å². The predicted molar refractivity (Wildman–Crippen MR) is 114 cm³/mol. The molecule has 0 spiro atoms. The van der Waals surface area contributed by atoms with Gasteiger partial charge in [-0.15, -0.1) is 0 Å². The Bertz CT molecular complexity index is 1160. The molecule has 1 saturated heterocycles. The van der Waals surface area contributed by atoms with Crippen molar-refractivity contribution in [3.05, 3.63) is 83.4 Å². The Balaban J connectivity index is 1.50. The summed E-state index contributed by atoms with van der Waals surface area (Å²) in [6.07, 6.45) is 4.10. The van der Waals surface area contributed by atoms with Crippen molar-refractivity contribution in [3.63, 3.8) is 0 Å². The lowest BCUT2D eigenvalue weighted by Crippen LogP contribution is -2.40. The van der Waals surface area contributed by atoms with Crippen molar-refractivity contribution in [1.82, 2.24) is 13.9 Å². The zero-order valence-electron chi connectivity index (χ0n) is 17.3. The number of halogens is 2. The molecular weight excluding hydrogens is 420 g/mol. The van der Waals surface area contributed by atoms with Gasteiger partial charge in [0, 0.05) is 37.9 Å². The Morgan fingerprint density at radius 1 is 1.10 bits per heavy atom. The number of nitrogens with zero attached hydrogens (tertiary/aromatic N) is 3. The van der Waals surface area contributed by atoms with Gasteiger partial charge in [0.05, 0.1) is 4.90 Å². The summed E-state index contributed by atoms with van der Waals surface area (Å²) >= 11 is 0. The fourth-order valence-corrected chi connectivity index (χ4v) is 5.70. The van der Waals surface area contributed by atoms with Crippen LogP contribution in [0.15, 0.2) is 59.6 Å². The van der Waals surface area contributed by atoms with Crippen LogP contribution in [-0.4, -0.2) is 35.4 Å². The van der Waals surface area contributed by atoms with Gasteiger partial charge in [-0.3, -0.25) is 0 Å². The zero-order chi connectivity index (χ0) is 22.0. The molecule has 31 heavy (non-hydrogen) atoms. The van der Waals surface area contributed by atoms with Crippen molar-refractivity contribution < 1.29 is 17.2 Å². The molecule has 5 nitrogen and oxygen atoms in total. The van der Waals surface area contributed by atoms with E-state index in [0.717, 1.165) is 36.0 Å². The second kappa shape index (κ2) is 8.88. The van der Waals surface area contributed by atoms with Crippen molar-refractivity contribution in [2.24, 2.45) is 5.92 Å². The van der Waals surface area contributed by atoms with Gasteiger partial charge in [-0.1, -0.05) is 18.2 Å². The first-order valence-electron chi connectivity index (χ1n) is 10.3. The summed E-state index contributed by atoms with van der Waals surface area (Å²) in [7, 11) is -3.74. The average Bonchev–Trinajstić information content (AvgIpc) is 3.09. The van der Waals surface area contributed by atoms with E-state index < -0.39 is 15.8 Å². The van der Waals surface area contributed by atoms with E-state index in [0.29, 0.717) is 26.1 Å². The molecule has 1 atom stereocenters. The van der Waals surface area contributed by atoms with Gasteiger partial charge in [0.15, 0.2) is 0 Å². The van der Waals surface area contributed by atoms with Gasteiger partial charge in [0.2, 0.25) is 10.0 Å². The summed E-state index contributed by atoms with van der Waals surface area (Å²) in [5, 5.41) is 0. The molecular formula is C23H25F2N3O2S.